The summed E-state index contributed by atoms with van der Waals surface area (Å²) in [7, 11) is 0. The monoisotopic (exact) mass is 327 g/mol. The van der Waals surface area contributed by atoms with Crippen molar-refractivity contribution in [1.82, 2.24) is 15.0 Å². The lowest BCUT2D eigenvalue weighted by Gasteiger charge is -2.18. The molecule has 2 aromatic carbocycles. The lowest BCUT2D eigenvalue weighted by atomic mass is 9.91. The molecule has 0 atom stereocenters. The molecule has 0 unspecified atom stereocenters. The number of nitrogens with zero attached hydrogens (tertiary/aromatic N) is 3. The molecule has 118 valence electrons. The average Bonchev–Trinajstić information content (AvgIpc) is 2.57. The van der Waals surface area contributed by atoms with Crippen LogP contribution in [-0.4, -0.2) is 21.5 Å². The first kappa shape index (κ1) is 16.7. The molecule has 3 aromatic rings. The zero-order chi connectivity index (χ0) is 15.2. The van der Waals surface area contributed by atoms with Gasteiger partial charge in [-0.15, -0.1) is 12.4 Å². The van der Waals surface area contributed by atoms with E-state index in [4.69, 9.17) is 5.73 Å². The Morgan fingerprint density at radius 2 is 1.43 bits per heavy atom. The van der Waals surface area contributed by atoms with E-state index in [2.05, 4.69) is 44.5 Å². The summed E-state index contributed by atoms with van der Waals surface area (Å²) in [6.07, 6.45) is 1.41. The second kappa shape index (κ2) is 8.10. The molecule has 0 spiro atoms. The Hall–Kier alpha value is -2.66. The van der Waals surface area contributed by atoms with Crippen LogP contribution in [0.1, 0.15) is 17.0 Å². The van der Waals surface area contributed by atoms with Gasteiger partial charge in [0.25, 0.3) is 0 Å². The number of aromatic nitrogens is 3. The lowest BCUT2D eigenvalue weighted by molar-refractivity contribution is 0.840. The molecule has 0 saturated carbocycles. The number of hydrogen-bond donors (Lipinski definition) is 2. The summed E-state index contributed by atoms with van der Waals surface area (Å²) in [6.45, 7) is 0.678. The third-order valence-corrected chi connectivity index (χ3v) is 3.46. The number of nitrogens with two attached hydrogens (primary N) is 1. The molecule has 0 aliphatic heterocycles. The quantitative estimate of drug-likeness (QED) is 0.753. The Labute approximate surface area is 141 Å². The van der Waals surface area contributed by atoms with Crippen LogP contribution in [0.2, 0.25) is 0 Å². The largest absolute Gasteiger partial charge is 0.368 e. The zero-order valence-corrected chi connectivity index (χ0v) is 13.3. The van der Waals surface area contributed by atoms with E-state index in [-0.39, 0.29) is 24.3 Å². The fraction of sp³-hybridized carbons (Fsp3) is 0.118. The van der Waals surface area contributed by atoms with E-state index in [1.54, 1.807) is 0 Å². The van der Waals surface area contributed by atoms with Crippen molar-refractivity contribution in [3.05, 3.63) is 78.1 Å². The molecule has 5 nitrogen and oxygen atoms in total. The zero-order valence-electron chi connectivity index (χ0n) is 12.5. The van der Waals surface area contributed by atoms with Crippen LogP contribution in [0.4, 0.5) is 11.9 Å². The van der Waals surface area contributed by atoms with Crippen LogP contribution in [0.5, 0.6) is 0 Å². The highest BCUT2D eigenvalue weighted by molar-refractivity contribution is 5.85. The van der Waals surface area contributed by atoms with Gasteiger partial charge in [-0.3, -0.25) is 0 Å². The van der Waals surface area contributed by atoms with Crippen LogP contribution in [0.3, 0.4) is 0 Å². The van der Waals surface area contributed by atoms with Gasteiger partial charge in [-0.25, -0.2) is 9.97 Å². The number of hydrogen-bond acceptors (Lipinski definition) is 5. The van der Waals surface area contributed by atoms with Gasteiger partial charge in [-0.1, -0.05) is 60.7 Å². The van der Waals surface area contributed by atoms with E-state index in [0.717, 1.165) is 0 Å². The molecule has 3 N–H and O–H groups in total. The fourth-order valence-electron chi connectivity index (χ4n) is 2.39. The third-order valence-electron chi connectivity index (χ3n) is 3.46. The summed E-state index contributed by atoms with van der Waals surface area (Å²) >= 11 is 0. The first-order valence-corrected chi connectivity index (χ1v) is 7.11. The van der Waals surface area contributed by atoms with Gasteiger partial charge in [0, 0.05) is 12.5 Å². The molecule has 3 rings (SSSR count). The predicted octanol–water partition coefficient (Wildman–Crippen LogP) is 3.12. The van der Waals surface area contributed by atoms with Gasteiger partial charge in [0.15, 0.2) is 0 Å². The maximum absolute atomic E-state index is 5.58. The van der Waals surface area contributed by atoms with E-state index in [1.165, 1.54) is 17.5 Å². The summed E-state index contributed by atoms with van der Waals surface area (Å²) < 4.78 is 0. The Morgan fingerprint density at radius 1 is 0.870 bits per heavy atom. The Balaban J connectivity index is 0.00000192. The minimum Gasteiger partial charge on any atom is -0.368 e. The topological polar surface area (TPSA) is 76.7 Å². The van der Waals surface area contributed by atoms with Gasteiger partial charge in [-0.05, 0) is 11.1 Å². The van der Waals surface area contributed by atoms with Crippen molar-refractivity contribution in [2.45, 2.75) is 5.92 Å². The van der Waals surface area contributed by atoms with Crippen molar-refractivity contribution in [2.24, 2.45) is 0 Å². The number of nitrogens with one attached hydrogen (secondary N) is 1. The van der Waals surface area contributed by atoms with Crippen LogP contribution >= 0.6 is 12.4 Å². The fourth-order valence-corrected chi connectivity index (χ4v) is 2.39. The summed E-state index contributed by atoms with van der Waals surface area (Å²) in [5, 5.41) is 3.24. The molecular weight excluding hydrogens is 310 g/mol. The van der Waals surface area contributed by atoms with Crippen molar-refractivity contribution < 1.29 is 0 Å². The number of nitrogen functional groups attached to an aromatic ring is 1. The Kier molecular flexibility index (Phi) is 5.88. The van der Waals surface area contributed by atoms with E-state index >= 15 is 0 Å². The number of rotatable bonds is 5. The minimum absolute atomic E-state index is 0. The maximum atomic E-state index is 5.58. The van der Waals surface area contributed by atoms with Crippen molar-refractivity contribution in [3.63, 3.8) is 0 Å². The van der Waals surface area contributed by atoms with Gasteiger partial charge >= 0.3 is 0 Å². The lowest BCUT2D eigenvalue weighted by Crippen LogP contribution is -2.16. The molecule has 0 fully saturated rings. The molecular formula is C17H18ClN5. The Morgan fingerprint density at radius 3 is 1.96 bits per heavy atom. The number of halogens is 1. The number of benzene rings is 2. The summed E-state index contributed by atoms with van der Waals surface area (Å²) in [5.74, 6) is 0.915. The van der Waals surface area contributed by atoms with E-state index in [1.807, 2.05) is 36.4 Å². The van der Waals surface area contributed by atoms with Crippen molar-refractivity contribution >= 4 is 24.3 Å². The molecule has 6 heteroatoms. The summed E-state index contributed by atoms with van der Waals surface area (Å²) in [5.41, 5.74) is 8.06. The smallest absolute Gasteiger partial charge is 0.227 e. The normalized spacial score (nSPS) is 10.1. The number of anilines is 2. The van der Waals surface area contributed by atoms with Crippen LogP contribution in [0.25, 0.3) is 0 Å². The molecule has 23 heavy (non-hydrogen) atoms. The molecule has 0 amide bonds. The van der Waals surface area contributed by atoms with Gasteiger partial charge in [0.2, 0.25) is 11.9 Å². The van der Waals surface area contributed by atoms with Crippen molar-refractivity contribution in [3.8, 4) is 0 Å². The van der Waals surface area contributed by atoms with Crippen molar-refractivity contribution in [2.75, 3.05) is 17.6 Å². The molecule has 0 bridgehead atoms. The highest BCUT2D eigenvalue weighted by Gasteiger charge is 2.14. The van der Waals surface area contributed by atoms with E-state index < -0.39 is 0 Å². The summed E-state index contributed by atoms with van der Waals surface area (Å²) in [4.78, 5) is 12.0. The highest BCUT2D eigenvalue weighted by Crippen LogP contribution is 2.24. The molecule has 0 saturated heterocycles. The summed E-state index contributed by atoms with van der Waals surface area (Å²) in [6, 6.07) is 20.7. The van der Waals surface area contributed by atoms with Crippen LogP contribution in [-0.2, 0) is 0 Å². The van der Waals surface area contributed by atoms with Gasteiger partial charge < -0.3 is 11.1 Å². The van der Waals surface area contributed by atoms with Crippen LogP contribution in [0, 0.1) is 0 Å². The molecule has 0 aliphatic rings. The SMILES string of the molecule is Cl.Nc1ncnc(NCC(c2ccccc2)c2ccccc2)n1. The average molecular weight is 328 g/mol. The van der Waals surface area contributed by atoms with Gasteiger partial charge in [-0.2, -0.15) is 4.98 Å². The molecule has 1 heterocycles. The molecule has 0 radical (unpaired) electrons. The highest BCUT2D eigenvalue weighted by atomic mass is 35.5. The minimum atomic E-state index is 0. The third kappa shape index (κ3) is 4.40. The van der Waals surface area contributed by atoms with Gasteiger partial charge in [0.05, 0.1) is 0 Å². The first-order valence-electron chi connectivity index (χ1n) is 7.11. The second-order valence-corrected chi connectivity index (χ2v) is 4.92. The van der Waals surface area contributed by atoms with E-state index in [0.29, 0.717) is 12.5 Å². The molecule has 1 aromatic heterocycles. The first-order chi connectivity index (χ1) is 10.8. The van der Waals surface area contributed by atoms with E-state index in [9.17, 15) is 0 Å². The maximum Gasteiger partial charge on any atom is 0.227 e. The van der Waals surface area contributed by atoms with Crippen LogP contribution < -0.4 is 11.1 Å². The standard InChI is InChI=1S/C17H17N5.ClH/c18-16-20-12-21-17(22-16)19-11-15(13-7-3-1-4-8-13)14-9-5-2-6-10-14;/h1-10,12,15H,11H2,(H3,18,19,20,21,22);1H. The Bertz CT molecular complexity index is 682. The molecule has 0 aliphatic carbocycles. The predicted molar refractivity (Wildman–Crippen MR) is 94.7 cm³/mol. The second-order valence-electron chi connectivity index (χ2n) is 4.92. The van der Waals surface area contributed by atoms with Gasteiger partial charge in [0.1, 0.15) is 6.33 Å². The van der Waals surface area contributed by atoms with Crippen LogP contribution in [0.15, 0.2) is 67.0 Å². The van der Waals surface area contributed by atoms with Crippen molar-refractivity contribution in [1.29, 1.82) is 0 Å².